The quantitative estimate of drug-likeness (QED) is 0.447. The fourth-order valence-corrected chi connectivity index (χ4v) is 3.08. The zero-order valence-electron chi connectivity index (χ0n) is 15.6. The van der Waals surface area contributed by atoms with Gasteiger partial charge in [-0.25, -0.2) is 9.98 Å². The van der Waals surface area contributed by atoms with Crippen LogP contribution in [-0.2, 0) is 0 Å². The van der Waals surface area contributed by atoms with Crippen molar-refractivity contribution in [1.82, 2.24) is 10.3 Å². The van der Waals surface area contributed by atoms with Crippen LogP contribution in [-0.4, -0.2) is 24.5 Å². The smallest absolute Gasteiger partial charge is 0.211 e. The summed E-state index contributed by atoms with van der Waals surface area (Å²) in [7, 11) is 1.91. The van der Waals surface area contributed by atoms with E-state index in [0.717, 1.165) is 11.3 Å². The molecule has 10 heteroatoms. The molecule has 1 unspecified atom stereocenters. The summed E-state index contributed by atoms with van der Waals surface area (Å²) >= 11 is 0. The van der Waals surface area contributed by atoms with Crippen molar-refractivity contribution in [2.75, 3.05) is 35.3 Å². The van der Waals surface area contributed by atoms with E-state index in [-0.39, 0.29) is 23.0 Å². The molecule has 1 atom stereocenters. The van der Waals surface area contributed by atoms with Gasteiger partial charge in [0.2, 0.25) is 5.96 Å². The largest absolute Gasteiger partial charge is 0.397 e. The van der Waals surface area contributed by atoms with E-state index in [1.165, 1.54) is 0 Å². The topological polar surface area (TPSA) is 176 Å². The second kappa shape index (κ2) is 8.03. The van der Waals surface area contributed by atoms with Crippen LogP contribution >= 0.6 is 0 Å². The highest BCUT2D eigenvalue weighted by molar-refractivity contribution is 5.98. The Morgan fingerprint density at radius 3 is 2.55 bits per heavy atom. The molecule has 1 aromatic carbocycles. The molecule has 0 spiro atoms. The second-order valence-corrected chi connectivity index (χ2v) is 6.32. The number of aromatic nitrogens is 1. The number of hydrogen-bond donors (Lipinski definition) is 4. The second-order valence-electron chi connectivity index (χ2n) is 6.32. The van der Waals surface area contributed by atoms with E-state index in [0.29, 0.717) is 24.3 Å². The van der Waals surface area contributed by atoms with Crippen LogP contribution in [0.4, 0.5) is 23.0 Å². The van der Waals surface area contributed by atoms with Gasteiger partial charge in [0.05, 0.1) is 18.2 Å². The van der Waals surface area contributed by atoms with Crippen molar-refractivity contribution < 1.29 is 0 Å². The van der Waals surface area contributed by atoms with Crippen LogP contribution in [0, 0.1) is 34.1 Å². The maximum atomic E-state index is 9.37. The zero-order chi connectivity index (χ0) is 21.0. The Bertz CT molecular complexity index is 1080. The normalized spacial score (nSPS) is 14.3. The van der Waals surface area contributed by atoms with Gasteiger partial charge in [-0.1, -0.05) is 12.1 Å². The van der Waals surface area contributed by atoms with Crippen molar-refractivity contribution in [3.05, 3.63) is 41.0 Å². The molecule has 0 aliphatic carbocycles. The fraction of sp³-hybridized carbons (Fsp3) is 0.211. The number of rotatable bonds is 4. The molecule has 0 saturated carbocycles. The number of nitrogens with one attached hydrogen (secondary N) is 2. The predicted molar refractivity (Wildman–Crippen MR) is 109 cm³/mol. The molecule has 0 saturated heterocycles. The monoisotopic (exact) mass is 386 g/mol. The third-order valence-corrected chi connectivity index (χ3v) is 4.57. The molecule has 0 radical (unpaired) electrons. The van der Waals surface area contributed by atoms with Crippen molar-refractivity contribution in [2.24, 2.45) is 4.99 Å². The summed E-state index contributed by atoms with van der Waals surface area (Å²) in [4.78, 5) is 10.7. The molecule has 2 aromatic rings. The maximum Gasteiger partial charge on any atom is 0.211 e. The number of nitrogens with two attached hydrogens (primary N) is 2. The molecule has 0 bridgehead atoms. The van der Waals surface area contributed by atoms with Crippen LogP contribution in [0.15, 0.2) is 29.3 Å². The minimum Gasteiger partial charge on any atom is -0.397 e. The highest BCUT2D eigenvalue weighted by Crippen LogP contribution is 2.40. The van der Waals surface area contributed by atoms with E-state index >= 15 is 0 Å². The molecule has 0 amide bonds. The zero-order valence-corrected chi connectivity index (χ0v) is 15.6. The first-order chi connectivity index (χ1) is 14.0. The van der Waals surface area contributed by atoms with E-state index in [9.17, 15) is 5.26 Å². The Morgan fingerprint density at radius 1 is 1.21 bits per heavy atom. The molecule has 0 fully saturated rings. The lowest BCUT2D eigenvalue weighted by molar-refractivity contribution is 0.844. The lowest BCUT2D eigenvalue weighted by atomic mass is 9.95. The van der Waals surface area contributed by atoms with Crippen LogP contribution in [0.25, 0.3) is 0 Å². The third kappa shape index (κ3) is 3.66. The number of nitriles is 3. The summed E-state index contributed by atoms with van der Waals surface area (Å²) in [6.45, 7) is 0.613. The number of aliphatic imine (C=N–C) groups is 1. The van der Waals surface area contributed by atoms with E-state index in [2.05, 4.69) is 26.7 Å². The van der Waals surface area contributed by atoms with Crippen LogP contribution in [0.3, 0.4) is 0 Å². The minimum absolute atomic E-state index is 0.00248. The molecule has 1 aliphatic heterocycles. The summed E-state index contributed by atoms with van der Waals surface area (Å²) in [6.07, 6.45) is 2.24. The average molecular weight is 386 g/mol. The first-order valence-corrected chi connectivity index (χ1v) is 8.67. The Labute approximate surface area is 167 Å². The number of hydrogen-bond acceptors (Lipinski definition) is 10. The molecule has 29 heavy (non-hydrogen) atoms. The Kier molecular flexibility index (Phi) is 5.34. The summed E-state index contributed by atoms with van der Waals surface area (Å²) in [5, 5.41) is 32.4. The molecule has 3 rings (SSSR count). The lowest BCUT2D eigenvalue weighted by Gasteiger charge is -2.26. The fourth-order valence-electron chi connectivity index (χ4n) is 3.08. The number of pyridine rings is 1. The van der Waals surface area contributed by atoms with Crippen molar-refractivity contribution in [2.45, 2.75) is 12.5 Å². The van der Waals surface area contributed by atoms with E-state index in [1.54, 1.807) is 0 Å². The van der Waals surface area contributed by atoms with Gasteiger partial charge in [-0.3, -0.25) is 5.32 Å². The average Bonchev–Trinajstić information content (AvgIpc) is 2.72. The van der Waals surface area contributed by atoms with Gasteiger partial charge in [0.15, 0.2) is 6.19 Å². The van der Waals surface area contributed by atoms with E-state index in [4.69, 9.17) is 22.0 Å². The van der Waals surface area contributed by atoms with Gasteiger partial charge in [-0.05, 0) is 17.7 Å². The van der Waals surface area contributed by atoms with Crippen molar-refractivity contribution in [1.29, 1.82) is 15.8 Å². The van der Waals surface area contributed by atoms with Crippen LogP contribution in [0.2, 0.25) is 0 Å². The molecule has 144 valence electrons. The van der Waals surface area contributed by atoms with E-state index < -0.39 is 6.04 Å². The first-order valence-electron chi connectivity index (χ1n) is 8.67. The highest BCUT2D eigenvalue weighted by atomic mass is 15.2. The summed E-state index contributed by atoms with van der Waals surface area (Å²) < 4.78 is 0. The first kappa shape index (κ1) is 19.3. The molecule has 1 aliphatic rings. The van der Waals surface area contributed by atoms with Crippen LogP contribution < -0.4 is 27.0 Å². The third-order valence-electron chi connectivity index (χ3n) is 4.57. The van der Waals surface area contributed by atoms with E-state index in [1.807, 2.05) is 48.5 Å². The number of anilines is 4. The SMILES string of the molecule is CN(CCC#N)c1ccc(C2N=C(NC#N)Nc3nc(N)c(C#N)c(N)c32)cc1. The lowest BCUT2D eigenvalue weighted by Crippen LogP contribution is -2.32. The van der Waals surface area contributed by atoms with Gasteiger partial charge in [0.1, 0.15) is 29.3 Å². The Hall–Kier alpha value is -4.49. The maximum absolute atomic E-state index is 9.37. The molecular weight excluding hydrogens is 368 g/mol. The molecule has 1 aromatic heterocycles. The van der Waals surface area contributed by atoms with Gasteiger partial charge in [0.25, 0.3) is 0 Å². The van der Waals surface area contributed by atoms with Crippen LogP contribution in [0.5, 0.6) is 0 Å². The Balaban J connectivity index is 2.06. The van der Waals surface area contributed by atoms with Crippen molar-refractivity contribution in [3.63, 3.8) is 0 Å². The number of fused-ring (bicyclic) bond motifs is 1. The molecule has 10 nitrogen and oxygen atoms in total. The summed E-state index contributed by atoms with van der Waals surface area (Å²) in [5.74, 6) is 0.547. The number of nitrogen functional groups attached to an aromatic ring is 2. The van der Waals surface area contributed by atoms with Gasteiger partial charge >= 0.3 is 0 Å². The van der Waals surface area contributed by atoms with Crippen molar-refractivity contribution in [3.8, 4) is 18.3 Å². The number of guanidine groups is 1. The predicted octanol–water partition coefficient (Wildman–Crippen LogP) is 1.41. The van der Waals surface area contributed by atoms with Crippen molar-refractivity contribution >= 4 is 29.0 Å². The van der Waals surface area contributed by atoms with Gasteiger partial charge in [0, 0.05) is 24.8 Å². The van der Waals surface area contributed by atoms with Crippen LogP contribution in [0.1, 0.15) is 29.2 Å². The molecule has 6 N–H and O–H groups in total. The minimum atomic E-state index is -0.583. The number of benzene rings is 1. The molecule has 2 heterocycles. The standard InChI is InChI=1S/C19H18N10/c1-29(8-2-7-20)12-5-3-11(4-6-12)16-14-15(23)13(9-21)17(24)27-18(14)28-19(26-16)25-10-22/h3-6,16H,2,8H2,1H3,(H6,23,24,25,26,27,28). The highest BCUT2D eigenvalue weighted by Gasteiger charge is 2.29. The summed E-state index contributed by atoms with van der Waals surface area (Å²) in [5.41, 5.74) is 14.6. The van der Waals surface area contributed by atoms with Gasteiger partial charge in [-0.15, -0.1) is 0 Å². The summed E-state index contributed by atoms with van der Waals surface area (Å²) in [6, 6.07) is 11.1. The van der Waals surface area contributed by atoms with Gasteiger partial charge in [-0.2, -0.15) is 15.8 Å². The molecular formula is C19H18N10. The number of nitrogens with zero attached hydrogens (tertiary/aromatic N) is 6. The van der Waals surface area contributed by atoms with Gasteiger partial charge < -0.3 is 21.7 Å². The Morgan fingerprint density at radius 2 is 1.93 bits per heavy atom.